The number of nitrogens with two attached hydrogens (primary N) is 2. The second-order valence-electron chi connectivity index (χ2n) is 5.39. The van der Waals surface area contributed by atoms with Gasteiger partial charge in [-0.1, -0.05) is 0 Å². The molecule has 0 aromatic heterocycles. The average Bonchev–Trinajstić information content (AvgIpc) is 2.46. The second-order valence-corrected chi connectivity index (χ2v) is 5.39. The van der Waals surface area contributed by atoms with Crippen LogP contribution in [0.1, 0.15) is 26.7 Å². The molecule has 0 bridgehead atoms. The predicted octanol–water partition coefficient (Wildman–Crippen LogP) is -3.60. The molecule has 0 saturated heterocycles. The molecule has 0 unspecified atom stereocenters. The molecule has 0 spiro atoms. The molecule has 3 amide bonds. The highest BCUT2D eigenvalue weighted by atomic mass is 16.4. The third kappa shape index (κ3) is 7.35. The highest BCUT2D eigenvalue weighted by Gasteiger charge is 2.30. The Labute approximate surface area is 138 Å². The number of aliphatic carboxylic acids is 1. The van der Waals surface area contributed by atoms with Gasteiger partial charge in [-0.2, -0.15) is 0 Å². The van der Waals surface area contributed by atoms with Crippen LogP contribution in [-0.4, -0.2) is 69.3 Å². The number of nitrogens with one attached hydrogen (secondary N) is 2. The number of amides is 3. The van der Waals surface area contributed by atoms with E-state index in [1.54, 1.807) is 0 Å². The van der Waals surface area contributed by atoms with Crippen molar-refractivity contribution in [1.29, 1.82) is 0 Å². The molecule has 0 aromatic carbocycles. The van der Waals surface area contributed by atoms with E-state index >= 15 is 0 Å². The van der Waals surface area contributed by atoms with Gasteiger partial charge >= 0.3 is 5.97 Å². The van der Waals surface area contributed by atoms with Gasteiger partial charge in [-0.3, -0.25) is 19.2 Å². The van der Waals surface area contributed by atoms with Crippen molar-refractivity contribution < 1.29 is 34.5 Å². The van der Waals surface area contributed by atoms with Gasteiger partial charge in [-0.05, 0) is 20.3 Å². The molecule has 0 saturated carbocycles. The van der Waals surface area contributed by atoms with Crippen LogP contribution in [-0.2, 0) is 19.2 Å². The number of carboxylic acid groups (broad SMARTS) is 1. The van der Waals surface area contributed by atoms with Gasteiger partial charge in [0.25, 0.3) is 0 Å². The first-order valence-electron chi connectivity index (χ1n) is 7.21. The molecule has 11 nitrogen and oxygen atoms in total. The van der Waals surface area contributed by atoms with E-state index < -0.39 is 60.4 Å². The highest BCUT2D eigenvalue weighted by Crippen LogP contribution is 2.02. The minimum absolute atomic E-state index is 0.287. The maximum Gasteiger partial charge on any atom is 0.303 e. The molecule has 24 heavy (non-hydrogen) atoms. The molecule has 0 radical (unpaired) electrons. The molecule has 0 aliphatic rings. The van der Waals surface area contributed by atoms with Crippen LogP contribution in [0.15, 0.2) is 0 Å². The van der Waals surface area contributed by atoms with Crippen molar-refractivity contribution in [2.75, 3.05) is 0 Å². The Morgan fingerprint density at radius 3 is 1.92 bits per heavy atom. The van der Waals surface area contributed by atoms with Crippen molar-refractivity contribution >= 4 is 23.7 Å². The summed E-state index contributed by atoms with van der Waals surface area (Å²) in [5, 5.41) is 31.8. The highest BCUT2D eigenvalue weighted by molar-refractivity contribution is 5.93. The molecule has 0 fully saturated rings. The molecule has 138 valence electrons. The first kappa shape index (κ1) is 21.8. The lowest BCUT2D eigenvalue weighted by Gasteiger charge is -2.24. The largest absolute Gasteiger partial charge is 0.481 e. The smallest absolute Gasteiger partial charge is 0.303 e. The van der Waals surface area contributed by atoms with Crippen LogP contribution in [0.25, 0.3) is 0 Å². The van der Waals surface area contributed by atoms with Crippen molar-refractivity contribution in [3.05, 3.63) is 0 Å². The average molecular weight is 348 g/mol. The summed E-state index contributed by atoms with van der Waals surface area (Å²) in [5.74, 6) is -3.98. The van der Waals surface area contributed by atoms with Crippen LogP contribution in [0, 0.1) is 0 Å². The van der Waals surface area contributed by atoms with Gasteiger partial charge < -0.3 is 37.4 Å². The van der Waals surface area contributed by atoms with Gasteiger partial charge in [-0.15, -0.1) is 0 Å². The maximum atomic E-state index is 12.2. The Kier molecular flexibility index (Phi) is 8.89. The van der Waals surface area contributed by atoms with E-state index in [9.17, 15) is 29.4 Å². The van der Waals surface area contributed by atoms with Gasteiger partial charge in [0.15, 0.2) is 0 Å². The standard InChI is InChI=1S/C13H24N4O7/c1-5(18)9(14)13(24)16-7(3-4-8(20)21)12(23)17-10(6(2)19)11(15)22/h5-7,9-10,18-19H,3-4,14H2,1-2H3,(H2,15,22)(H,16,24)(H,17,23)(H,20,21)/t5-,6-,7+,9+,10+/m1/s1. The zero-order chi connectivity index (χ0) is 19.0. The van der Waals surface area contributed by atoms with Crippen LogP contribution in [0.5, 0.6) is 0 Å². The molecule has 0 aliphatic carbocycles. The number of aliphatic hydroxyl groups is 2. The minimum atomic E-state index is -1.41. The fraction of sp³-hybridized carbons (Fsp3) is 0.692. The maximum absolute atomic E-state index is 12.2. The Bertz CT molecular complexity index is 481. The quantitative estimate of drug-likeness (QED) is 0.209. The van der Waals surface area contributed by atoms with E-state index in [1.807, 2.05) is 0 Å². The van der Waals surface area contributed by atoms with E-state index in [1.165, 1.54) is 13.8 Å². The predicted molar refractivity (Wildman–Crippen MR) is 81.3 cm³/mol. The minimum Gasteiger partial charge on any atom is -0.481 e. The SMILES string of the molecule is C[C@@H](O)[C@H](N)C(=O)N[C@@H](CCC(=O)O)C(=O)N[C@H](C(N)=O)[C@@H](C)O. The lowest BCUT2D eigenvalue weighted by Crippen LogP contribution is -2.58. The van der Waals surface area contributed by atoms with E-state index in [-0.39, 0.29) is 6.42 Å². The van der Waals surface area contributed by atoms with Crippen molar-refractivity contribution in [3.8, 4) is 0 Å². The van der Waals surface area contributed by atoms with Crippen LogP contribution in [0.3, 0.4) is 0 Å². The van der Waals surface area contributed by atoms with E-state index in [2.05, 4.69) is 10.6 Å². The number of aliphatic hydroxyl groups excluding tert-OH is 2. The first-order valence-corrected chi connectivity index (χ1v) is 7.21. The number of carboxylic acids is 1. The summed E-state index contributed by atoms with van der Waals surface area (Å²) in [6.45, 7) is 2.50. The summed E-state index contributed by atoms with van der Waals surface area (Å²) in [6.07, 6.45) is -3.21. The third-order valence-electron chi connectivity index (χ3n) is 3.19. The Balaban J connectivity index is 5.10. The topological polar surface area (TPSA) is 205 Å². The van der Waals surface area contributed by atoms with Crippen LogP contribution < -0.4 is 22.1 Å². The normalized spacial score (nSPS) is 17.0. The van der Waals surface area contributed by atoms with Crippen molar-refractivity contribution in [2.45, 2.75) is 57.0 Å². The van der Waals surface area contributed by atoms with E-state index in [0.29, 0.717) is 0 Å². The summed E-state index contributed by atoms with van der Waals surface area (Å²) in [6, 6.07) is -4.07. The van der Waals surface area contributed by atoms with E-state index in [4.69, 9.17) is 16.6 Å². The van der Waals surface area contributed by atoms with E-state index in [0.717, 1.165) is 0 Å². The lowest BCUT2D eigenvalue weighted by molar-refractivity contribution is -0.138. The molecule has 5 atom stereocenters. The molecule has 0 aliphatic heterocycles. The van der Waals surface area contributed by atoms with Gasteiger partial charge in [0.1, 0.15) is 18.1 Å². The summed E-state index contributed by atoms with van der Waals surface area (Å²) < 4.78 is 0. The zero-order valence-corrected chi connectivity index (χ0v) is 13.4. The van der Waals surface area contributed by atoms with Gasteiger partial charge in [-0.25, -0.2) is 0 Å². The first-order chi connectivity index (χ1) is 11.0. The number of primary amides is 1. The van der Waals surface area contributed by atoms with Crippen LogP contribution in [0.2, 0.25) is 0 Å². The summed E-state index contributed by atoms with van der Waals surface area (Å²) >= 11 is 0. The molecule has 11 heteroatoms. The summed E-state index contributed by atoms with van der Waals surface area (Å²) in [7, 11) is 0. The third-order valence-corrected chi connectivity index (χ3v) is 3.19. The molecule has 9 N–H and O–H groups in total. The molecule has 0 rings (SSSR count). The number of hydrogen-bond donors (Lipinski definition) is 7. The van der Waals surface area contributed by atoms with Crippen molar-refractivity contribution in [3.63, 3.8) is 0 Å². The molecule has 0 aromatic rings. The summed E-state index contributed by atoms with van der Waals surface area (Å²) in [4.78, 5) is 45.9. The molecular formula is C13H24N4O7. The fourth-order valence-corrected chi connectivity index (χ4v) is 1.71. The Hall–Kier alpha value is -2.24. The van der Waals surface area contributed by atoms with Gasteiger partial charge in [0.05, 0.1) is 12.2 Å². The fourth-order valence-electron chi connectivity index (χ4n) is 1.71. The number of carbonyl (C=O) groups excluding carboxylic acids is 3. The molecular weight excluding hydrogens is 324 g/mol. The Morgan fingerprint density at radius 2 is 1.54 bits per heavy atom. The number of hydrogen-bond acceptors (Lipinski definition) is 7. The van der Waals surface area contributed by atoms with Gasteiger partial charge in [0, 0.05) is 6.42 Å². The van der Waals surface area contributed by atoms with Crippen LogP contribution >= 0.6 is 0 Å². The monoisotopic (exact) mass is 348 g/mol. The second kappa shape index (κ2) is 9.80. The van der Waals surface area contributed by atoms with Crippen molar-refractivity contribution in [2.24, 2.45) is 11.5 Å². The summed E-state index contributed by atoms with van der Waals surface area (Å²) in [5.41, 5.74) is 10.5. The van der Waals surface area contributed by atoms with Crippen LogP contribution in [0.4, 0.5) is 0 Å². The number of carbonyl (C=O) groups is 4. The number of rotatable bonds is 10. The molecule has 0 heterocycles. The van der Waals surface area contributed by atoms with Crippen molar-refractivity contribution in [1.82, 2.24) is 10.6 Å². The Morgan fingerprint density at radius 1 is 1.00 bits per heavy atom. The lowest BCUT2D eigenvalue weighted by atomic mass is 10.1. The van der Waals surface area contributed by atoms with Gasteiger partial charge in [0.2, 0.25) is 17.7 Å². The zero-order valence-electron chi connectivity index (χ0n) is 13.4.